The summed E-state index contributed by atoms with van der Waals surface area (Å²) in [4.78, 5) is 22.8. The zero-order chi connectivity index (χ0) is 28.5. The molecule has 40 heavy (non-hydrogen) atoms. The van der Waals surface area contributed by atoms with Gasteiger partial charge in [-0.2, -0.15) is 0 Å². The summed E-state index contributed by atoms with van der Waals surface area (Å²) in [7, 11) is 0. The minimum atomic E-state index is -0.625. The lowest BCUT2D eigenvalue weighted by Gasteiger charge is -2.42. The molecule has 0 unspecified atom stereocenters. The number of unbranched alkanes of at least 4 members (excludes halogenated alkanes) is 1. The molecule has 2 aliphatic heterocycles. The number of nitrogens with one attached hydrogen (secondary N) is 1. The van der Waals surface area contributed by atoms with Crippen LogP contribution < -0.4 is 10.2 Å². The predicted molar refractivity (Wildman–Crippen MR) is 161 cm³/mol. The van der Waals surface area contributed by atoms with Crippen LogP contribution >= 0.6 is 0 Å². The topological polar surface area (TPSA) is 88.9 Å². The van der Waals surface area contributed by atoms with E-state index in [1.165, 1.54) is 29.5 Å². The number of nitrogens with zero attached hydrogens (tertiary/aromatic N) is 3. The van der Waals surface area contributed by atoms with Gasteiger partial charge in [0, 0.05) is 37.8 Å². The first-order chi connectivity index (χ1) is 19.1. The van der Waals surface area contributed by atoms with E-state index >= 15 is 0 Å². The Morgan fingerprint density at radius 2 is 1.75 bits per heavy atom. The van der Waals surface area contributed by atoms with E-state index in [0.717, 1.165) is 43.9 Å². The number of pyridine rings is 1. The Morgan fingerprint density at radius 1 is 1.02 bits per heavy atom. The summed E-state index contributed by atoms with van der Waals surface area (Å²) < 4.78 is 0. The van der Waals surface area contributed by atoms with Crippen LogP contribution in [-0.2, 0) is 15.6 Å². The summed E-state index contributed by atoms with van der Waals surface area (Å²) in [5, 5.41) is 22.8. The number of hydrogen-bond acceptors (Lipinski definition) is 6. The quantitative estimate of drug-likeness (QED) is 0.424. The second kappa shape index (κ2) is 11.8. The minimum absolute atomic E-state index is 0.0000217. The van der Waals surface area contributed by atoms with Gasteiger partial charge in [0.1, 0.15) is 11.9 Å². The molecule has 1 aliphatic carbocycles. The first-order valence-corrected chi connectivity index (χ1v) is 15.3. The van der Waals surface area contributed by atoms with E-state index in [2.05, 4.69) is 74.3 Å². The molecule has 3 heterocycles. The first-order valence-electron chi connectivity index (χ1n) is 15.3. The number of rotatable bonds is 8. The molecule has 1 aromatic heterocycles. The van der Waals surface area contributed by atoms with Crippen LogP contribution in [0.4, 0.5) is 5.82 Å². The van der Waals surface area contributed by atoms with Crippen LogP contribution in [0.1, 0.15) is 83.8 Å². The van der Waals surface area contributed by atoms with Crippen LogP contribution in [-0.4, -0.2) is 77.0 Å². The molecule has 2 saturated heterocycles. The highest BCUT2D eigenvalue weighted by molar-refractivity contribution is 5.83. The molecule has 2 fully saturated rings. The average molecular weight is 549 g/mol. The number of aliphatic hydroxyl groups is 2. The number of hydrogen-bond donors (Lipinski definition) is 3. The molecule has 3 aliphatic rings. The van der Waals surface area contributed by atoms with Crippen molar-refractivity contribution in [3.05, 3.63) is 47.5 Å². The summed E-state index contributed by atoms with van der Waals surface area (Å²) in [6, 6.07) is 12.9. The molecular weight excluding hydrogens is 500 g/mol. The normalized spacial score (nSPS) is 24.1. The van der Waals surface area contributed by atoms with E-state index in [1.807, 2.05) is 4.90 Å². The van der Waals surface area contributed by atoms with Gasteiger partial charge in [-0.3, -0.25) is 4.79 Å². The molecule has 218 valence electrons. The van der Waals surface area contributed by atoms with Crippen molar-refractivity contribution in [2.75, 3.05) is 37.7 Å². The monoisotopic (exact) mass is 548 g/mol. The lowest BCUT2D eigenvalue weighted by Crippen LogP contribution is -2.54. The Bertz CT molecular complexity index is 1190. The van der Waals surface area contributed by atoms with Crippen LogP contribution in [0.2, 0.25) is 0 Å². The second-order valence-corrected chi connectivity index (χ2v) is 13.4. The van der Waals surface area contributed by atoms with Crippen molar-refractivity contribution < 1.29 is 15.0 Å². The highest BCUT2D eigenvalue weighted by atomic mass is 16.3. The number of aromatic nitrogens is 1. The molecule has 2 atom stereocenters. The van der Waals surface area contributed by atoms with Crippen molar-refractivity contribution in [1.82, 2.24) is 15.2 Å². The van der Waals surface area contributed by atoms with E-state index in [1.54, 1.807) is 0 Å². The van der Waals surface area contributed by atoms with Gasteiger partial charge in [0.05, 0.1) is 11.8 Å². The van der Waals surface area contributed by atoms with Crippen LogP contribution in [0.15, 0.2) is 36.4 Å². The lowest BCUT2D eigenvalue weighted by molar-refractivity contribution is -0.138. The van der Waals surface area contributed by atoms with Crippen LogP contribution in [0.3, 0.4) is 0 Å². The number of aliphatic hydroxyl groups excluding tert-OH is 2. The third kappa shape index (κ3) is 5.93. The molecule has 1 aromatic carbocycles. The third-order valence-electron chi connectivity index (χ3n) is 9.66. The maximum atomic E-state index is 13.4. The van der Waals surface area contributed by atoms with E-state index in [0.29, 0.717) is 25.9 Å². The SMILES string of the molecule is CC1(C)CCC(C)(C)c2cc(-c3cccc(N4CCC(N(CCCCO)C(=O)[C@H]5NCC[C@@H]5O)CC4)n3)ccc21. The van der Waals surface area contributed by atoms with Gasteiger partial charge >= 0.3 is 0 Å². The van der Waals surface area contributed by atoms with Crippen molar-refractivity contribution in [1.29, 1.82) is 0 Å². The van der Waals surface area contributed by atoms with E-state index in [4.69, 9.17) is 4.98 Å². The lowest BCUT2D eigenvalue weighted by atomic mass is 9.63. The number of carbonyl (C=O) groups is 1. The molecular formula is C33H48N4O3. The standard InChI is InChI=1S/C33H48N4O3/c1-32(2)15-16-33(3,4)26-22-23(10-11-25(26)32)27-8-7-9-29(35-27)36-19-13-24(14-20-36)37(18-5-6-21-38)31(40)30-28(39)12-17-34-30/h7-11,22,24,28,30,34,38-39H,5-6,12-21H2,1-4H3/t28-,30-/m0/s1. The van der Waals surface area contributed by atoms with E-state index < -0.39 is 12.1 Å². The second-order valence-electron chi connectivity index (χ2n) is 13.4. The van der Waals surface area contributed by atoms with Crippen molar-refractivity contribution in [3.8, 4) is 11.3 Å². The molecule has 3 N–H and O–H groups in total. The molecule has 5 rings (SSSR count). The fraction of sp³-hybridized carbons (Fsp3) is 0.636. The van der Waals surface area contributed by atoms with Crippen molar-refractivity contribution in [2.24, 2.45) is 0 Å². The molecule has 0 bridgehead atoms. The molecule has 7 nitrogen and oxygen atoms in total. The zero-order valence-electron chi connectivity index (χ0n) is 24.8. The fourth-order valence-electron chi connectivity index (χ4n) is 6.90. The number of piperidine rings is 1. The van der Waals surface area contributed by atoms with Crippen molar-refractivity contribution in [2.45, 2.75) is 102 Å². The van der Waals surface area contributed by atoms with Crippen LogP contribution in [0.25, 0.3) is 11.3 Å². The molecule has 7 heteroatoms. The van der Waals surface area contributed by atoms with Gasteiger partial charge in [-0.1, -0.05) is 45.9 Å². The van der Waals surface area contributed by atoms with E-state index in [9.17, 15) is 15.0 Å². The highest BCUT2D eigenvalue weighted by Crippen LogP contribution is 2.46. The molecule has 0 radical (unpaired) electrons. The Hall–Kier alpha value is -2.48. The van der Waals surface area contributed by atoms with Gasteiger partial charge < -0.3 is 25.3 Å². The van der Waals surface area contributed by atoms with Crippen molar-refractivity contribution >= 4 is 11.7 Å². The van der Waals surface area contributed by atoms with Crippen molar-refractivity contribution in [3.63, 3.8) is 0 Å². The maximum absolute atomic E-state index is 13.4. The van der Waals surface area contributed by atoms with Crippen LogP contribution in [0.5, 0.6) is 0 Å². The van der Waals surface area contributed by atoms with E-state index in [-0.39, 0.29) is 29.4 Å². The van der Waals surface area contributed by atoms with Gasteiger partial charge in [0.15, 0.2) is 0 Å². The fourth-order valence-corrected chi connectivity index (χ4v) is 6.90. The van der Waals surface area contributed by atoms with Gasteiger partial charge in [-0.15, -0.1) is 0 Å². The summed E-state index contributed by atoms with van der Waals surface area (Å²) in [6.07, 6.45) is 5.55. The molecule has 0 spiro atoms. The minimum Gasteiger partial charge on any atom is -0.396 e. The third-order valence-corrected chi connectivity index (χ3v) is 9.66. The number of carbonyl (C=O) groups excluding carboxylic acids is 1. The number of fused-ring (bicyclic) bond motifs is 1. The zero-order valence-corrected chi connectivity index (χ0v) is 24.8. The summed E-state index contributed by atoms with van der Waals surface area (Å²) in [5.74, 6) is 0.985. The Balaban J connectivity index is 1.30. The Kier molecular flexibility index (Phi) is 8.55. The van der Waals surface area contributed by atoms with Gasteiger partial charge in [0.25, 0.3) is 0 Å². The molecule has 2 aromatic rings. The largest absolute Gasteiger partial charge is 0.396 e. The summed E-state index contributed by atoms with van der Waals surface area (Å²) in [5.41, 5.74) is 5.44. The molecule has 1 amide bonds. The summed E-state index contributed by atoms with van der Waals surface area (Å²) in [6.45, 7) is 12.5. The summed E-state index contributed by atoms with van der Waals surface area (Å²) >= 11 is 0. The molecule has 0 saturated carbocycles. The smallest absolute Gasteiger partial charge is 0.242 e. The number of amides is 1. The average Bonchev–Trinajstić information content (AvgIpc) is 3.39. The predicted octanol–water partition coefficient (Wildman–Crippen LogP) is 4.39. The maximum Gasteiger partial charge on any atom is 0.242 e. The van der Waals surface area contributed by atoms with Gasteiger partial charge in [-0.25, -0.2) is 4.98 Å². The first kappa shape index (κ1) is 29.0. The number of benzene rings is 1. The Labute approximate surface area is 240 Å². The van der Waals surface area contributed by atoms with Gasteiger partial charge in [0.2, 0.25) is 5.91 Å². The number of anilines is 1. The Morgan fingerprint density at radius 3 is 2.42 bits per heavy atom. The highest BCUT2D eigenvalue weighted by Gasteiger charge is 2.38. The van der Waals surface area contributed by atoms with Gasteiger partial charge in [-0.05, 0) is 91.6 Å². The van der Waals surface area contributed by atoms with Crippen LogP contribution in [0, 0.1) is 0 Å².